The summed E-state index contributed by atoms with van der Waals surface area (Å²) in [7, 11) is -1.14. The first-order valence-electron chi connectivity index (χ1n) is 5.19. The number of carbonyl (C=O) groups is 1. The molecule has 0 bridgehead atoms. The Hall–Kier alpha value is -1.42. The van der Waals surface area contributed by atoms with Crippen molar-refractivity contribution in [2.24, 2.45) is 0 Å². The fraction of sp³-hybridized carbons (Fsp3) is 0.250. The van der Waals surface area contributed by atoms with Gasteiger partial charge in [-0.3, -0.25) is 9.36 Å². The summed E-state index contributed by atoms with van der Waals surface area (Å²) < 4.78 is 26.7. The number of hydrogen-bond donors (Lipinski definition) is 0. The van der Waals surface area contributed by atoms with E-state index in [1.165, 1.54) is 27.2 Å². The van der Waals surface area contributed by atoms with Crippen LogP contribution in [-0.4, -0.2) is 20.2 Å². The zero-order valence-electron chi connectivity index (χ0n) is 10.5. The van der Waals surface area contributed by atoms with Gasteiger partial charge in [-0.25, -0.2) is 0 Å². The van der Waals surface area contributed by atoms with Crippen molar-refractivity contribution in [2.45, 2.75) is 6.92 Å². The van der Waals surface area contributed by atoms with Crippen LogP contribution in [0.4, 0.5) is 0 Å². The summed E-state index contributed by atoms with van der Waals surface area (Å²) in [6.45, 7) is 1.22. The van der Waals surface area contributed by atoms with Gasteiger partial charge in [0.2, 0.25) is 5.50 Å². The molecule has 6 heteroatoms. The van der Waals surface area contributed by atoms with Crippen LogP contribution in [-0.2, 0) is 23.1 Å². The summed E-state index contributed by atoms with van der Waals surface area (Å²) in [6, 6.07) is 9.01. The van der Waals surface area contributed by atoms with E-state index in [0.29, 0.717) is 0 Å². The van der Waals surface area contributed by atoms with Crippen LogP contribution in [0.5, 0.6) is 0 Å². The second-order valence-electron chi connectivity index (χ2n) is 3.35. The van der Waals surface area contributed by atoms with E-state index in [1.54, 1.807) is 12.1 Å². The highest BCUT2D eigenvalue weighted by Crippen LogP contribution is 2.55. The van der Waals surface area contributed by atoms with E-state index in [4.69, 9.17) is 13.8 Å². The van der Waals surface area contributed by atoms with Gasteiger partial charge in [0.15, 0.2) is 0 Å². The predicted octanol–water partition coefficient (Wildman–Crippen LogP) is 3.03. The predicted molar refractivity (Wildman–Crippen MR) is 67.8 cm³/mol. The van der Waals surface area contributed by atoms with Gasteiger partial charge in [0.25, 0.3) is 0 Å². The topological polar surface area (TPSA) is 61.8 Å². The van der Waals surface area contributed by atoms with Gasteiger partial charge in [-0.2, -0.15) is 0 Å². The maximum atomic E-state index is 12.2. The van der Waals surface area contributed by atoms with E-state index in [2.05, 4.69) is 0 Å². The van der Waals surface area contributed by atoms with E-state index < -0.39 is 13.6 Å². The molecule has 1 rings (SSSR count). The molecule has 0 aliphatic rings. The summed E-state index contributed by atoms with van der Waals surface area (Å²) in [5.74, 6) is -0.591. The molecular weight excluding hydrogens is 255 g/mol. The summed E-state index contributed by atoms with van der Waals surface area (Å²) in [6.07, 6.45) is 1.45. The van der Waals surface area contributed by atoms with Crippen LogP contribution in [0.3, 0.4) is 0 Å². The maximum Gasteiger partial charge on any atom is 0.395 e. The lowest BCUT2D eigenvalue weighted by atomic mass is 10.2. The molecule has 0 spiro atoms. The van der Waals surface area contributed by atoms with Gasteiger partial charge in [-0.15, -0.1) is 0 Å². The number of rotatable bonds is 5. The van der Waals surface area contributed by atoms with Gasteiger partial charge in [-0.05, 0) is 11.6 Å². The summed E-state index contributed by atoms with van der Waals surface area (Å²) in [5, 5.41) is 0. The highest BCUT2D eigenvalue weighted by molar-refractivity contribution is 7.58. The normalized spacial score (nSPS) is 12.3. The summed E-state index contributed by atoms with van der Waals surface area (Å²) in [4.78, 5) is 11.0. The van der Waals surface area contributed by atoms with Crippen molar-refractivity contribution in [3.05, 3.63) is 41.4 Å². The second kappa shape index (κ2) is 6.50. The molecule has 5 nitrogen and oxygen atoms in total. The van der Waals surface area contributed by atoms with Crippen LogP contribution in [0.25, 0.3) is 6.08 Å². The highest BCUT2D eigenvalue weighted by atomic mass is 31.2. The van der Waals surface area contributed by atoms with Crippen LogP contribution in [0.1, 0.15) is 12.5 Å². The molecule has 18 heavy (non-hydrogen) atoms. The number of hydrogen-bond acceptors (Lipinski definition) is 5. The molecule has 0 radical (unpaired) electrons. The molecule has 0 unspecified atom stereocenters. The molecule has 1 aromatic carbocycles. The fourth-order valence-electron chi connectivity index (χ4n) is 1.26. The molecule has 0 N–H and O–H groups in total. The van der Waals surface area contributed by atoms with Gasteiger partial charge in [0.1, 0.15) is 0 Å². The zero-order valence-corrected chi connectivity index (χ0v) is 11.3. The Morgan fingerprint density at radius 1 is 1.17 bits per heavy atom. The fourth-order valence-corrected chi connectivity index (χ4v) is 2.31. The molecule has 0 heterocycles. The second-order valence-corrected chi connectivity index (χ2v) is 5.52. The Kier molecular flexibility index (Phi) is 5.28. The lowest BCUT2D eigenvalue weighted by Crippen LogP contribution is -2.02. The minimum absolute atomic E-state index is 0.133. The maximum absolute atomic E-state index is 12.2. The Morgan fingerprint density at radius 2 is 1.72 bits per heavy atom. The average molecular weight is 270 g/mol. The van der Waals surface area contributed by atoms with E-state index >= 15 is 0 Å². The van der Waals surface area contributed by atoms with Crippen LogP contribution in [0.15, 0.2) is 35.8 Å². The van der Waals surface area contributed by atoms with Crippen LogP contribution >= 0.6 is 7.60 Å². The molecule has 1 aromatic rings. The number of carbonyl (C=O) groups excluding carboxylic acids is 1. The molecule has 0 aromatic heterocycles. The van der Waals surface area contributed by atoms with E-state index in [0.717, 1.165) is 5.56 Å². The minimum Gasteiger partial charge on any atom is -0.418 e. The van der Waals surface area contributed by atoms with Crippen molar-refractivity contribution in [3.8, 4) is 0 Å². The number of benzene rings is 1. The van der Waals surface area contributed by atoms with Crippen molar-refractivity contribution < 1.29 is 23.1 Å². The van der Waals surface area contributed by atoms with Crippen molar-refractivity contribution in [2.75, 3.05) is 14.2 Å². The van der Waals surface area contributed by atoms with Crippen molar-refractivity contribution >= 4 is 19.6 Å². The SMILES string of the molecule is COP(=O)(OC)/C(=C/c1ccccc1)OC(C)=O. The number of esters is 1. The summed E-state index contributed by atoms with van der Waals surface area (Å²) in [5.41, 5.74) is 0.592. The standard InChI is InChI=1S/C12H15O5P/c1-10(13)17-12(18(14,15-2)16-3)9-11-7-5-4-6-8-11/h4-9H,1-3H3/b12-9+. The third-order valence-electron chi connectivity index (χ3n) is 2.09. The Morgan fingerprint density at radius 3 is 2.17 bits per heavy atom. The van der Waals surface area contributed by atoms with Crippen molar-refractivity contribution in [3.63, 3.8) is 0 Å². The molecule has 0 atom stereocenters. The van der Waals surface area contributed by atoms with Gasteiger partial charge >= 0.3 is 13.6 Å². The van der Waals surface area contributed by atoms with Gasteiger partial charge in [-0.1, -0.05) is 30.3 Å². The Balaban J connectivity index is 3.17. The minimum atomic E-state index is -3.59. The molecule has 0 aliphatic heterocycles. The first-order valence-corrected chi connectivity index (χ1v) is 6.73. The molecule has 0 saturated carbocycles. The highest BCUT2D eigenvalue weighted by Gasteiger charge is 2.31. The largest absolute Gasteiger partial charge is 0.418 e. The molecule has 0 aliphatic carbocycles. The molecule has 0 fully saturated rings. The monoisotopic (exact) mass is 270 g/mol. The lowest BCUT2D eigenvalue weighted by Gasteiger charge is -2.16. The van der Waals surface area contributed by atoms with E-state index in [9.17, 15) is 9.36 Å². The van der Waals surface area contributed by atoms with Crippen LogP contribution < -0.4 is 0 Å². The first-order chi connectivity index (χ1) is 8.51. The van der Waals surface area contributed by atoms with Crippen LogP contribution in [0.2, 0.25) is 0 Å². The third kappa shape index (κ3) is 3.81. The Labute approximate surface area is 106 Å². The molecule has 0 saturated heterocycles. The molecular formula is C12H15O5P. The van der Waals surface area contributed by atoms with Crippen molar-refractivity contribution in [1.82, 2.24) is 0 Å². The Bertz CT molecular complexity index is 473. The van der Waals surface area contributed by atoms with Gasteiger partial charge in [0, 0.05) is 21.1 Å². The summed E-state index contributed by atoms with van der Waals surface area (Å²) >= 11 is 0. The average Bonchev–Trinajstić information content (AvgIpc) is 2.38. The zero-order chi connectivity index (χ0) is 13.6. The van der Waals surface area contributed by atoms with E-state index in [-0.39, 0.29) is 5.50 Å². The van der Waals surface area contributed by atoms with Crippen LogP contribution in [0, 0.1) is 0 Å². The smallest absolute Gasteiger partial charge is 0.395 e. The quantitative estimate of drug-likeness (QED) is 0.467. The molecule has 0 amide bonds. The first kappa shape index (κ1) is 14.6. The van der Waals surface area contributed by atoms with E-state index in [1.807, 2.05) is 18.2 Å². The third-order valence-corrected chi connectivity index (χ3v) is 3.81. The lowest BCUT2D eigenvalue weighted by molar-refractivity contribution is -0.136. The van der Waals surface area contributed by atoms with Crippen molar-refractivity contribution in [1.29, 1.82) is 0 Å². The molecule has 98 valence electrons. The van der Waals surface area contributed by atoms with Gasteiger partial charge in [0.05, 0.1) is 0 Å². The number of ether oxygens (including phenoxy) is 1. The van der Waals surface area contributed by atoms with Gasteiger partial charge < -0.3 is 13.8 Å².